The molecule has 0 spiro atoms. The lowest BCUT2D eigenvalue weighted by Crippen LogP contribution is -2.51. The number of aromatic nitrogens is 1. The number of carbonyl (C=O) groups is 1. The second-order valence-electron chi connectivity index (χ2n) is 8.86. The summed E-state index contributed by atoms with van der Waals surface area (Å²) in [6, 6.07) is 20.1. The number of hydrogen-bond acceptors (Lipinski definition) is 5. The van der Waals surface area contributed by atoms with E-state index in [2.05, 4.69) is 12.2 Å². The molecule has 0 amide bonds. The van der Waals surface area contributed by atoms with Crippen molar-refractivity contribution in [1.29, 1.82) is 0 Å². The molecule has 6 heteroatoms. The van der Waals surface area contributed by atoms with Crippen LogP contribution in [0.3, 0.4) is 0 Å². The van der Waals surface area contributed by atoms with Crippen LogP contribution >= 0.6 is 0 Å². The van der Waals surface area contributed by atoms with Gasteiger partial charge in [-0.25, -0.2) is 4.79 Å². The van der Waals surface area contributed by atoms with Crippen molar-refractivity contribution in [2.45, 2.75) is 37.3 Å². The summed E-state index contributed by atoms with van der Waals surface area (Å²) >= 11 is 0. The standard InChI is InChI=1S/C26H31N2O4/c1-28(17-8-14-23-16-19-32-27-23)18-9-15-24(28)20-31-25(29)26(30,21-10-4-2-5-11-21)22-12-6-3-7-13-22/h2-7,10-13,16,19,24,30H,8-9,14-15,17-18,20H2,1H3/q+1/t24-,28?/m1/s1. The summed E-state index contributed by atoms with van der Waals surface area (Å²) in [6.07, 6.45) is 5.57. The van der Waals surface area contributed by atoms with Gasteiger partial charge in [-0.3, -0.25) is 0 Å². The molecule has 2 atom stereocenters. The fourth-order valence-electron chi connectivity index (χ4n) is 4.77. The van der Waals surface area contributed by atoms with Crippen LogP contribution in [0.2, 0.25) is 0 Å². The summed E-state index contributed by atoms with van der Waals surface area (Å²) in [6.45, 7) is 2.33. The molecule has 3 aromatic rings. The fourth-order valence-corrected chi connectivity index (χ4v) is 4.77. The minimum Gasteiger partial charge on any atom is -0.457 e. The molecule has 0 saturated carbocycles. The Balaban J connectivity index is 1.44. The minimum atomic E-state index is -1.84. The number of carbonyl (C=O) groups excluding carboxylic acids is 1. The van der Waals surface area contributed by atoms with Gasteiger partial charge in [-0.2, -0.15) is 0 Å². The van der Waals surface area contributed by atoms with Gasteiger partial charge in [0.25, 0.3) is 0 Å². The van der Waals surface area contributed by atoms with E-state index in [4.69, 9.17) is 9.26 Å². The highest BCUT2D eigenvalue weighted by Gasteiger charge is 2.44. The third kappa shape index (κ3) is 4.61. The molecule has 0 aliphatic carbocycles. The van der Waals surface area contributed by atoms with Gasteiger partial charge in [0, 0.05) is 25.3 Å². The number of ether oxygens (including phenoxy) is 1. The number of hydrogen-bond donors (Lipinski definition) is 1. The molecule has 1 aliphatic rings. The van der Waals surface area contributed by atoms with Crippen LogP contribution in [0.25, 0.3) is 0 Å². The Morgan fingerprint density at radius 2 is 1.78 bits per heavy atom. The zero-order chi connectivity index (χ0) is 22.4. The molecular formula is C26H31N2O4+. The second-order valence-corrected chi connectivity index (χ2v) is 8.86. The average Bonchev–Trinajstić information content (AvgIpc) is 3.48. The van der Waals surface area contributed by atoms with Gasteiger partial charge >= 0.3 is 5.97 Å². The molecule has 6 nitrogen and oxygen atoms in total. The van der Waals surface area contributed by atoms with E-state index < -0.39 is 11.6 Å². The molecule has 4 rings (SSSR count). The molecule has 0 bridgehead atoms. The monoisotopic (exact) mass is 435 g/mol. The third-order valence-corrected chi connectivity index (χ3v) is 6.77. The molecule has 1 saturated heterocycles. The van der Waals surface area contributed by atoms with Crippen LogP contribution in [-0.4, -0.2) is 53.5 Å². The Morgan fingerprint density at radius 1 is 1.12 bits per heavy atom. The first-order chi connectivity index (χ1) is 15.5. The third-order valence-electron chi connectivity index (χ3n) is 6.77. The topological polar surface area (TPSA) is 72.6 Å². The van der Waals surface area contributed by atoms with E-state index in [0.717, 1.165) is 48.9 Å². The van der Waals surface area contributed by atoms with Crippen LogP contribution in [0.5, 0.6) is 0 Å². The van der Waals surface area contributed by atoms with Crippen molar-refractivity contribution in [2.24, 2.45) is 0 Å². The maximum atomic E-state index is 13.3. The van der Waals surface area contributed by atoms with Crippen molar-refractivity contribution in [3.8, 4) is 0 Å². The van der Waals surface area contributed by atoms with E-state index in [1.165, 1.54) is 0 Å². The Morgan fingerprint density at radius 3 is 2.38 bits per heavy atom. The summed E-state index contributed by atoms with van der Waals surface area (Å²) in [7, 11) is 2.23. The molecule has 168 valence electrons. The van der Waals surface area contributed by atoms with Crippen molar-refractivity contribution < 1.29 is 23.6 Å². The van der Waals surface area contributed by atoms with Crippen molar-refractivity contribution in [1.82, 2.24) is 5.16 Å². The molecular weight excluding hydrogens is 404 g/mol. The molecule has 1 N–H and O–H groups in total. The van der Waals surface area contributed by atoms with E-state index in [1.54, 1.807) is 30.5 Å². The van der Waals surface area contributed by atoms with E-state index in [9.17, 15) is 9.90 Å². The molecule has 1 fully saturated rings. The number of nitrogens with zero attached hydrogens (tertiary/aromatic N) is 2. The van der Waals surface area contributed by atoms with Gasteiger partial charge in [0.1, 0.15) is 18.9 Å². The number of aliphatic hydroxyl groups is 1. The fraction of sp³-hybridized carbons (Fsp3) is 0.385. The number of quaternary nitrogens is 1. The lowest BCUT2D eigenvalue weighted by molar-refractivity contribution is -0.921. The Kier molecular flexibility index (Phi) is 6.72. The van der Waals surface area contributed by atoms with Gasteiger partial charge in [-0.05, 0) is 17.5 Å². The number of esters is 1. The van der Waals surface area contributed by atoms with Crippen LogP contribution in [0, 0.1) is 0 Å². The summed E-state index contributed by atoms with van der Waals surface area (Å²) in [5, 5.41) is 15.6. The zero-order valence-corrected chi connectivity index (χ0v) is 18.5. The van der Waals surface area contributed by atoms with Crippen LogP contribution < -0.4 is 0 Å². The lowest BCUT2D eigenvalue weighted by Gasteiger charge is -2.36. The zero-order valence-electron chi connectivity index (χ0n) is 18.5. The van der Waals surface area contributed by atoms with Gasteiger partial charge in [0.05, 0.1) is 25.8 Å². The summed E-state index contributed by atoms with van der Waals surface area (Å²) in [5.41, 5.74) is 0.145. The molecule has 1 unspecified atom stereocenters. The number of likely N-dealkylation sites (N-methyl/N-ethyl adjacent to an activating group) is 1. The molecule has 0 radical (unpaired) electrons. The summed E-state index contributed by atoms with van der Waals surface area (Å²) < 4.78 is 11.6. The summed E-state index contributed by atoms with van der Waals surface area (Å²) in [5.74, 6) is -0.629. The predicted molar refractivity (Wildman–Crippen MR) is 121 cm³/mol. The van der Waals surface area contributed by atoms with Crippen LogP contribution in [0.15, 0.2) is 77.5 Å². The van der Waals surface area contributed by atoms with Crippen LogP contribution in [-0.2, 0) is 21.6 Å². The first-order valence-corrected chi connectivity index (χ1v) is 11.3. The van der Waals surface area contributed by atoms with Gasteiger partial charge in [0.15, 0.2) is 0 Å². The molecule has 32 heavy (non-hydrogen) atoms. The second kappa shape index (κ2) is 9.67. The highest BCUT2D eigenvalue weighted by Crippen LogP contribution is 2.32. The van der Waals surface area contributed by atoms with E-state index in [-0.39, 0.29) is 6.04 Å². The Bertz CT molecular complexity index is 952. The maximum absolute atomic E-state index is 13.3. The predicted octanol–water partition coefficient (Wildman–Crippen LogP) is 3.70. The maximum Gasteiger partial charge on any atom is 0.347 e. The molecule has 1 aliphatic heterocycles. The van der Waals surface area contributed by atoms with E-state index in [1.807, 2.05) is 42.5 Å². The van der Waals surface area contributed by atoms with E-state index in [0.29, 0.717) is 17.7 Å². The summed E-state index contributed by atoms with van der Waals surface area (Å²) in [4.78, 5) is 13.3. The Labute approximate surface area is 189 Å². The van der Waals surface area contributed by atoms with E-state index >= 15 is 0 Å². The van der Waals surface area contributed by atoms with Crippen molar-refractivity contribution in [2.75, 3.05) is 26.7 Å². The van der Waals surface area contributed by atoms with Gasteiger partial charge in [-0.15, -0.1) is 0 Å². The number of aryl methyl sites for hydroxylation is 1. The van der Waals surface area contributed by atoms with Crippen molar-refractivity contribution >= 4 is 5.97 Å². The first kappa shape index (κ1) is 22.2. The first-order valence-electron chi connectivity index (χ1n) is 11.3. The molecule has 1 aromatic heterocycles. The van der Waals surface area contributed by atoms with Crippen molar-refractivity contribution in [3.05, 3.63) is 89.8 Å². The minimum absolute atomic E-state index is 0.215. The van der Waals surface area contributed by atoms with Gasteiger partial charge in [-0.1, -0.05) is 65.8 Å². The quantitative estimate of drug-likeness (QED) is 0.410. The smallest absolute Gasteiger partial charge is 0.347 e. The van der Waals surface area contributed by atoms with Crippen molar-refractivity contribution in [3.63, 3.8) is 0 Å². The van der Waals surface area contributed by atoms with Crippen LogP contribution in [0.1, 0.15) is 36.1 Å². The largest absolute Gasteiger partial charge is 0.457 e. The number of rotatable bonds is 9. The SMILES string of the molecule is C[N+]1(CCCc2ccon2)CCC[C@@H]1COC(=O)C(O)(c1ccccc1)c1ccccc1. The van der Waals surface area contributed by atoms with Gasteiger partial charge < -0.3 is 18.8 Å². The Hall–Kier alpha value is -2.96. The highest BCUT2D eigenvalue weighted by atomic mass is 16.6. The van der Waals surface area contributed by atoms with Gasteiger partial charge in [0.2, 0.25) is 5.60 Å². The van der Waals surface area contributed by atoms with Crippen LogP contribution in [0.4, 0.5) is 0 Å². The molecule has 2 heterocycles. The number of likely N-dealkylation sites (tertiary alicyclic amines) is 1. The normalized spacial score (nSPS) is 20.9. The average molecular weight is 436 g/mol. The highest BCUT2D eigenvalue weighted by molar-refractivity contribution is 5.85. The number of benzene rings is 2. The lowest BCUT2D eigenvalue weighted by atomic mass is 9.86. The molecule has 2 aromatic carbocycles.